The van der Waals surface area contributed by atoms with Crippen molar-refractivity contribution in [3.63, 3.8) is 0 Å². The highest BCUT2D eigenvalue weighted by Crippen LogP contribution is 2.23. The average molecular weight is 399 g/mol. The summed E-state index contributed by atoms with van der Waals surface area (Å²) in [5.74, 6) is -1.99. The van der Waals surface area contributed by atoms with Crippen molar-refractivity contribution in [1.29, 1.82) is 0 Å². The molecule has 2 aromatic carbocycles. The first-order valence-corrected chi connectivity index (χ1v) is 9.40. The van der Waals surface area contributed by atoms with Crippen LogP contribution in [0.25, 0.3) is 0 Å². The number of hydrogen-bond donors (Lipinski definition) is 2. The normalized spacial score (nSPS) is 12.5. The Balaban J connectivity index is 2.16. The van der Waals surface area contributed by atoms with Crippen molar-refractivity contribution in [1.82, 2.24) is 5.32 Å². The minimum absolute atomic E-state index is 0.0267. The van der Waals surface area contributed by atoms with Gasteiger partial charge < -0.3 is 5.11 Å². The summed E-state index contributed by atoms with van der Waals surface area (Å²) >= 11 is 5.77. The van der Waals surface area contributed by atoms with Crippen molar-refractivity contribution in [2.45, 2.75) is 17.4 Å². The molecular formula is C16H15ClN2O6S. The number of nitro groups is 1. The fraction of sp³-hybridized carbons (Fsp3) is 0.188. The zero-order valence-electron chi connectivity index (χ0n) is 13.3. The molecule has 2 aromatic rings. The van der Waals surface area contributed by atoms with Crippen LogP contribution >= 0.6 is 11.6 Å². The maximum atomic E-state index is 12.4. The molecule has 1 unspecified atom stereocenters. The summed E-state index contributed by atoms with van der Waals surface area (Å²) in [5.41, 5.74) is 0.0938. The zero-order chi connectivity index (χ0) is 19.3. The van der Waals surface area contributed by atoms with Crippen LogP contribution in [-0.4, -0.2) is 36.3 Å². The number of carboxylic acids is 1. The van der Waals surface area contributed by atoms with Crippen LogP contribution < -0.4 is 5.32 Å². The van der Waals surface area contributed by atoms with Gasteiger partial charge in [-0.2, -0.15) is 0 Å². The van der Waals surface area contributed by atoms with E-state index in [1.54, 1.807) is 24.3 Å². The number of hydrogen-bond acceptors (Lipinski definition) is 6. The van der Waals surface area contributed by atoms with Gasteiger partial charge in [0, 0.05) is 11.1 Å². The number of nitrogens with one attached hydrogen (secondary N) is 1. The molecule has 1 atom stereocenters. The molecule has 0 heterocycles. The number of benzene rings is 2. The molecule has 0 radical (unpaired) electrons. The van der Waals surface area contributed by atoms with Crippen molar-refractivity contribution >= 4 is 33.1 Å². The Hall–Kier alpha value is -2.49. The Kier molecular flexibility index (Phi) is 6.30. The van der Waals surface area contributed by atoms with E-state index in [9.17, 15) is 28.4 Å². The zero-order valence-corrected chi connectivity index (χ0v) is 14.9. The molecule has 0 saturated heterocycles. The number of nitro benzene ring substituents is 1. The summed E-state index contributed by atoms with van der Waals surface area (Å²) in [6.45, 7) is 0. The van der Waals surface area contributed by atoms with Crippen molar-refractivity contribution < 1.29 is 23.2 Å². The van der Waals surface area contributed by atoms with Crippen LogP contribution in [0, 0.1) is 10.1 Å². The van der Waals surface area contributed by atoms with Crippen LogP contribution in [-0.2, 0) is 21.1 Å². The summed E-state index contributed by atoms with van der Waals surface area (Å²) in [4.78, 5) is 21.1. The third kappa shape index (κ3) is 5.01. The molecule has 0 amide bonds. The van der Waals surface area contributed by atoms with Gasteiger partial charge in [0.1, 0.15) is 16.8 Å². The van der Waals surface area contributed by atoms with E-state index in [1.807, 2.05) is 0 Å². The molecule has 0 aliphatic carbocycles. The highest BCUT2D eigenvalue weighted by atomic mass is 35.5. The fourth-order valence-electron chi connectivity index (χ4n) is 2.26. The standard InChI is InChI=1S/C16H15ClN2O6S/c17-12-7-5-11(6-8-12)9-13(16(20)21)18-10-26(24,25)15-4-2-1-3-14(15)19(22)23/h1-8,13,18H,9-10H2,(H,20,21). The number of halogens is 1. The van der Waals surface area contributed by atoms with Gasteiger partial charge in [0.25, 0.3) is 5.69 Å². The average Bonchev–Trinajstić information content (AvgIpc) is 2.60. The number of aliphatic carboxylic acids is 1. The second-order valence-corrected chi connectivity index (χ2v) is 7.80. The third-order valence-corrected chi connectivity index (χ3v) is 5.38. The van der Waals surface area contributed by atoms with Crippen LogP contribution in [0.5, 0.6) is 0 Å². The molecule has 0 spiro atoms. The number of rotatable bonds is 8. The first kappa shape index (κ1) is 19.8. The minimum atomic E-state index is -4.10. The van der Waals surface area contributed by atoms with E-state index in [1.165, 1.54) is 12.1 Å². The lowest BCUT2D eigenvalue weighted by molar-refractivity contribution is -0.387. The number of para-hydroxylation sites is 1. The molecule has 26 heavy (non-hydrogen) atoms. The first-order valence-electron chi connectivity index (χ1n) is 7.37. The summed E-state index contributed by atoms with van der Waals surface area (Å²) in [6.07, 6.45) is 0.0267. The second kappa shape index (κ2) is 8.26. The molecule has 0 aromatic heterocycles. The topological polar surface area (TPSA) is 127 Å². The van der Waals surface area contributed by atoms with Gasteiger partial charge in [-0.3, -0.25) is 20.2 Å². The van der Waals surface area contributed by atoms with Crippen LogP contribution in [0.1, 0.15) is 5.56 Å². The van der Waals surface area contributed by atoms with E-state index in [4.69, 9.17) is 11.6 Å². The van der Waals surface area contributed by atoms with Crippen molar-refractivity contribution in [2.75, 3.05) is 5.88 Å². The van der Waals surface area contributed by atoms with Crippen molar-refractivity contribution in [3.05, 3.63) is 69.2 Å². The van der Waals surface area contributed by atoms with Crippen LogP contribution in [0.3, 0.4) is 0 Å². The molecule has 2 N–H and O–H groups in total. The van der Waals surface area contributed by atoms with Gasteiger partial charge in [0.05, 0.1) is 4.92 Å². The molecular weight excluding hydrogens is 384 g/mol. The van der Waals surface area contributed by atoms with Gasteiger partial charge in [0.2, 0.25) is 0 Å². The van der Waals surface area contributed by atoms with Gasteiger partial charge >= 0.3 is 5.97 Å². The predicted octanol–water partition coefficient (Wildman–Crippen LogP) is 2.26. The van der Waals surface area contributed by atoms with E-state index in [0.29, 0.717) is 10.6 Å². The molecule has 138 valence electrons. The molecule has 0 bridgehead atoms. The van der Waals surface area contributed by atoms with Crippen LogP contribution in [0.2, 0.25) is 5.02 Å². The van der Waals surface area contributed by atoms with E-state index < -0.39 is 43.2 Å². The Morgan fingerprint density at radius 3 is 2.38 bits per heavy atom. The lowest BCUT2D eigenvalue weighted by Gasteiger charge is -2.15. The maximum absolute atomic E-state index is 12.4. The molecule has 10 heteroatoms. The summed E-state index contributed by atoms with van der Waals surface area (Å²) in [5, 5.41) is 23.2. The smallest absolute Gasteiger partial charge is 0.321 e. The van der Waals surface area contributed by atoms with Gasteiger partial charge in [-0.05, 0) is 30.2 Å². The molecule has 2 rings (SSSR count). The molecule has 0 aliphatic heterocycles. The first-order chi connectivity index (χ1) is 12.2. The van der Waals surface area contributed by atoms with Crippen molar-refractivity contribution in [3.8, 4) is 0 Å². The number of nitrogens with zero attached hydrogens (tertiary/aromatic N) is 1. The SMILES string of the molecule is O=C(O)C(Cc1ccc(Cl)cc1)NCS(=O)(=O)c1ccccc1[N+](=O)[O-]. The highest BCUT2D eigenvalue weighted by molar-refractivity contribution is 7.91. The number of carbonyl (C=O) groups is 1. The van der Waals surface area contributed by atoms with Gasteiger partial charge in [-0.1, -0.05) is 35.9 Å². The predicted molar refractivity (Wildman–Crippen MR) is 94.9 cm³/mol. The Bertz CT molecular complexity index is 915. The molecule has 8 nitrogen and oxygen atoms in total. The van der Waals surface area contributed by atoms with E-state index >= 15 is 0 Å². The number of sulfone groups is 1. The Morgan fingerprint density at radius 1 is 1.19 bits per heavy atom. The van der Waals surface area contributed by atoms with Gasteiger partial charge in [-0.25, -0.2) is 8.42 Å². The highest BCUT2D eigenvalue weighted by Gasteiger charge is 2.27. The summed E-state index contributed by atoms with van der Waals surface area (Å²) in [6, 6.07) is 10.2. The molecule has 0 saturated carbocycles. The lowest BCUT2D eigenvalue weighted by atomic mass is 10.1. The van der Waals surface area contributed by atoms with Gasteiger partial charge in [-0.15, -0.1) is 0 Å². The minimum Gasteiger partial charge on any atom is -0.480 e. The van der Waals surface area contributed by atoms with Crippen LogP contribution in [0.15, 0.2) is 53.4 Å². The Labute approximate surface area is 154 Å². The largest absolute Gasteiger partial charge is 0.480 e. The van der Waals surface area contributed by atoms with Crippen molar-refractivity contribution in [2.24, 2.45) is 0 Å². The molecule has 0 fully saturated rings. The van der Waals surface area contributed by atoms with E-state index in [0.717, 1.165) is 12.1 Å². The van der Waals surface area contributed by atoms with Gasteiger partial charge in [0.15, 0.2) is 9.84 Å². The summed E-state index contributed by atoms with van der Waals surface area (Å²) in [7, 11) is -4.10. The summed E-state index contributed by atoms with van der Waals surface area (Å²) < 4.78 is 24.8. The Morgan fingerprint density at radius 2 is 1.81 bits per heavy atom. The monoisotopic (exact) mass is 398 g/mol. The maximum Gasteiger partial charge on any atom is 0.321 e. The quantitative estimate of drug-likeness (QED) is 0.515. The molecule has 0 aliphatic rings. The van der Waals surface area contributed by atoms with E-state index in [2.05, 4.69) is 5.32 Å². The lowest BCUT2D eigenvalue weighted by Crippen LogP contribution is -2.41. The van der Waals surface area contributed by atoms with Crippen LogP contribution in [0.4, 0.5) is 5.69 Å². The third-order valence-electron chi connectivity index (χ3n) is 3.57. The fourth-order valence-corrected chi connectivity index (χ4v) is 3.71. The second-order valence-electron chi connectivity index (χ2n) is 5.41. The van der Waals surface area contributed by atoms with E-state index in [-0.39, 0.29) is 6.42 Å². The number of carboxylic acid groups (broad SMARTS) is 1.